The quantitative estimate of drug-likeness (QED) is 0.604. The Balaban J connectivity index is 2.03. The molecule has 4 nitrogen and oxygen atoms in total. The molecule has 0 bridgehead atoms. The highest BCUT2D eigenvalue weighted by Crippen LogP contribution is 2.12. The van der Waals surface area contributed by atoms with E-state index in [4.69, 9.17) is 28.6 Å². The standard InChI is InChI=1S/C18H19ClN2O2S/c1-2-23-17(22)16(12-13-8-10-14(19)11-9-13)21-18(24)20-15-6-4-3-5-7-15/h3-11,16H,2,12H2,1H3,(H2,20,21,24). The Morgan fingerprint density at radius 3 is 2.46 bits per heavy atom. The number of halogens is 1. The minimum Gasteiger partial charge on any atom is -0.464 e. The van der Waals surface area contributed by atoms with Gasteiger partial charge in [-0.3, -0.25) is 0 Å². The number of carbonyl (C=O) groups excluding carboxylic acids is 1. The number of esters is 1. The number of rotatable bonds is 6. The molecule has 0 amide bonds. The van der Waals surface area contributed by atoms with Crippen LogP contribution >= 0.6 is 23.8 Å². The average molecular weight is 363 g/mol. The van der Waals surface area contributed by atoms with E-state index < -0.39 is 6.04 Å². The van der Waals surface area contributed by atoms with Crippen LogP contribution in [-0.4, -0.2) is 23.7 Å². The Morgan fingerprint density at radius 2 is 1.83 bits per heavy atom. The van der Waals surface area contributed by atoms with Crippen LogP contribution in [-0.2, 0) is 16.0 Å². The normalized spacial score (nSPS) is 11.4. The third-order valence-corrected chi connectivity index (χ3v) is 3.73. The number of benzene rings is 2. The molecule has 0 saturated heterocycles. The van der Waals surface area contributed by atoms with Crippen molar-refractivity contribution in [3.63, 3.8) is 0 Å². The highest BCUT2D eigenvalue weighted by atomic mass is 35.5. The molecule has 1 atom stereocenters. The molecule has 126 valence electrons. The summed E-state index contributed by atoms with van der Waals surface area (Å²) in [5.41, 5.74) is 1.82. The summed E-state index contributed by atoms with van der Waals surface area (Å²) in [6, 6.07) is 16.3. The Kier molecular flexibility index (Phi) is 7.03. The molecule has 0 aliphatic rings. The van der Waals surface area contributed by atoms with Crippen LogP contribution in [0.2, 0.25) is 5.02 Å². The van der Waals surface area contributed by atoms with Crippen molar-refractivity contribution in [2.45, 2.75) is 19.4 Å². The number of nitrogens with one attached hydrogen (secondary N) is 2. The van der Waals surface area contributed by atoms with E-state index in [-0.39, 0.29) is 5.97 Å². The van der Waals surface area contributed by atoms with E-state index in [0.29, 0.717) is 23.2 Å². The van der Waals surface area contributed by atoms with Crippen LogP contribution in [0.3, 0.4) is 0 Å². The predicted octanol–water partition coefficient (Wildman–Crippen LogP) is 3.80. The first-order valence-corrected chi connectivity index (χ1v) is 8.40. The summed E-state index contributed by atoms with van der Waals surface area (Å²) in [5.74, 6) is -0.343. The van der Waals surface area contributed by atoms with Crippen LogP contribution in [0.5, 0.6) is 0 Å². The molecule has 2 aromatic carbocycles. The minimum atomic E-state index is -0.574. The smallest absolute Gasteiger partial charge is 0.328 e. The van der Waals surface area contributed by atoms with Gasteiger partial charge in [0, 0.05) is 17.1 Å². The van der Waals surface area contributed by atoms with Gasteiger partial charge in [-0.1, -0.05) is 41.9 Å². The monoisotopic (exact) mass is 362 g/mol. The first kappa shape index (κ1) is 18.2. The lowest BCUT2D eigenvalue weighted by Gasteiger charge is -2.19. The molecule has 0 aliphatic heterocycles. The third-order valence-electron chi connectivity index (χ3n) is 3.26. The fourth-order valence-electron chi connectivity index (χ4n) is 2.14. The van der Waals surface area contributed by atoms with Gasteiger partial charge in [0.05, 0.1) is 6.61 Å². The van der Waals surface area contributed by atoms with Crippen molar-refractivity contribution in [3.05, 3.63) is 65.2 Å². The second-order valence-electron chi connectivity index (χ2n) is 5.10. The van der Waals surface area contributed by atoms with Gasteiger partial charge in [-0.05, 0) is 49.0 Å². The van der Waals surface area contributed by atoms with Crippen LogP contribution < -0.4 is 10.6 Å². The van der Waals surface area contributed by atoms with Gasteiger partial charge in [0.1, 0.15) is 6.04 Å². The number of anilines is 1. The minimum absolute atomic E-state index is 0.316. The lowest BCUT2D eigenvalue weighted by Crippen LogP contribution is -2.45. The van der Waals surface area contributed by atoms with Crippen LogP contribution in [0.1, 0.15) is 12.5 Å². The number of hydrogen-bond acceptors (Lipinski definition) is 3. The highest BCUT2D eigenvalue weighted by molar-refractivity contribution is 7.80. The molecule has 0 spiro atoms. The fraction of sp³-hybridized carbons (Fsp3) is 0.222. The highest BCUT2D eigenvalue weighted by Gasteiger charge is 2.21. The first-order valence-electron chi connectivity index (χ1n) is 7.62. The van der Waals surface area contributed by atoms with Crippen molar-refractivity contribution in [2.24, 2.45) is 0 Å². The number of carbonyl (C=O) groups is 1. The summed E-state index contributed by atoms with van der Waals surface area (Å²) in [6.07, 6.45) is 0.451. The van der Waals surface area contributed by atoms with Gasteiger partial charge in [-0.2, -0.15) is 0 Å². The van der Waals surface area contributed by atoms with Crippen molar-refractivity contribution in [1.82, 2.24) is 5.32 Å². The van der Waals surface area contributed by atoms with Crippen LogP contribution in [0.25, 0.3) is 0 Å². The zero-order valence-electron chi connectivity index (χ0n) is 13.3. The molecule has 0 saturated carbocycles. The molecule has 0 heterocycles. The summed E-state index contributed by atoms with van der Waals surface area (Å²) in [6.45, 7) is 2.09. The van der Waals surface area contributed by atoms with Crippen LogP contribution in [0, 0.1) is 0 Å². The van der Waals surface area contributed by atoms with Gasteiger partial charge < -0.3 is 15.4 Å². The Bertz CT molecular complexity index is 677. The van der Waals surface area contributed by atoms with Crippen LogP contribution in [0.4, 0.5) is 5.69 Å². The van der Waals surface area contributed by atoms with E-state index in [2.05, 4.69) is 10.6 Å². The molecule has 2 N–H and O–H groups in total. The van der Waals surface area contributed by atoms with E-state index in [9.17, 15) is 4.79 Å². The Morgan fingerprint density at radius 1 is 1.17 bits per heavy atom. The number of ether oxygens (including phenoxy) is 1. The molecular formula is C18H19ClN2O2S. The van der Waals surface area contributed by atoms with Gasteiger partial charge >= 0.3 is 5.97 Å². The molecule has 0 fully saturated rings. The maximum atomic E-state index is 12.2. The van der Waals surface area contributed by atoms with Gasteiger partial charge in [-0.15, -0.1) is 0 Å². The first-order chi connectivity index (χ1) is 11.6. The molecule has 0 radical (unpaired) electrons. The molecule has 2 aromatic rings. The van der Waals surface area contributed by atoms with E-state index in [0.717, 1.165) is 11.3 Å². The number of para-hydroxylation sites is 1. The summed E-state index contributed by atoms with van der Waals surface area (Å²) >= 11 is 11.2. The van der Waals surface area contributed by atoms with Crippen molar-refractivity contribution >= 4 is 40.6 Å². The number of hydrogen-bond donors (Lipinski definition) is 2. The maximum absolute atomic E-state index is 12.2. The van der Waals surface area contributed by atoms with E-state index in [1.807, 2.05) is 42.5 Å². The molecule has 6 heteroatoms. The Hall–Kier alpha value is -2.11. The predicted molar refractivity (Wildman–Crippen MR) is 101 cm³/mol. The van der Waals surface area contributed by atoms with E-state index >= 15 is 0 Å². The average Bonchev–Trinajstić information content (AvgIpc) is 2.57. The summed E-state index contributed by atoms with van der Waals surface area (Å²) < 4.78 is 5.14. The van der Waals surface area contributed by atoms with Crippen LogP contribution in [0.15, 0.2) is 54.6 Å². The molecule has 0 aliphatic carbocycles. The zero-order chi connectivity index (χ0) is 17.4. The van der Waals surface area contributed by atoms with Crippen molar-refractivity contribution in [2.75, 3.05) is 11.9 Å². The molecule has 2 rings (SSSR count). The van der Waals surface area contributed by atoms with Crippen molar-refractivity contribution in [1.29, 1.82) is 0 Å². The summed E-state index contributed by atoms with van der Waals surface area (Å²) in [4.78, 5) is 12.2. The lowest BCUT2D eigenvalue weighted by molar-refractivity contribution is -0.145. The molecular weight excluding hydrogens is 344 g/mol. The molecule has 1 unspecified atom stereocenters. The second kappa shape index (κ2) is 9.25. The van der Waals surface area contributed by atoms with E-state index in [1.165, 1.54) is 0 Å². The molecule has 0 aromatic heterocycles. The van der Waals surface area contributed by atoms with Gasteiger partial charge in [0.15, 0.2) is 5.11 Å². The van der Waals surface area contributed by atoms with Gasteiger partial charge in [0.25, 0.3) is 0 Å². The lowest BCUT2D eigenvalue weighted by atomic mass is 10.1. The fourth-order valence-corrected chi connectivity index (χ4v) is 2.53. The maximum Gasteiger partial charge on any atom is 0.328 e. The SMILES string of the molecule is CCOC(=O)C(Cc1ccc(Cl)cc1)NC(=S)Nc1ccccc1. The van der Waals surface area contributed by atoms with Gasteiger partial charge in [-0.25, -0.2) is 4.79 Å². The number of thiocarbonyl (C=S) groups is 1. The van der Waals surface area contributed by atoms with Crippen molar-refractivity contribution in [3.8, 4) is 0 Å². The largest absolute Gasteiger partial charge is 0.464 e. The second-order valence-corrected chi connectivity index (χ2v) is 5.94. The summed E-state index contributed by atoms with van der Waals surface area (Å²) in [7, 11) is 0. The molecule has 24 heavy (non-hydrogen) atoms. The topological polar surface area (TPSA) is 50.4 Å². The third kappa shape index (κ3) is 5.83. The van der Waals surface area contributed by atoms with Crippen molar-refractivity contribution < 1.29 is 9.53 Å². The van der Waals surface area contributed by atoms with E-state index in [1.54, 1.807) is 19.1 Å². The summed E-state index contributed by atoms with van der Waals surface area (Å²) in [5, 5.41) is 7.10. The zero-order valence-corrected chi connectivity index (χ0v) is 14.9. The van der Waals surface area contributed by atoms with Gasteiger partial charge in [0.2, 0.25) is 0 Å². The Labute approximate surface area is 152 Å².